The van der Waals surface area contributed by atoms with Gasteiger partial charge in [-0.05, 0) is 56.4 Å². The number of rotatable bonds is 1. The molecule has 1 fully saturated rings. The van der Waals surface area contributed by atoms with E-state index in [4.69, 9.17) is 9.47 Å². The quantitative estimate of drug-likeness (QED) is 0.740. The fourth-order valence-electron chi connectivity index (χ4n) is 3.49. The third-order valence-electron chi connectivity index (χ3n) is 4.39. The number of likely N-dealkylation sites (tertiary alicyclic amines) is 1. The first kappa shape index (κ1) is 16.5. The maximum absolute atomic E-state index is 12.5. The highest BCUT2D eigenvalue weighted by molar-refractivity contribution is 5.95. The minimum atomic E-state index is -0.676. The summed E-state index contributed by atoms with van der Waals surface area (Å²) < 4.78 is 10.1. The molecule has 2 aliphatic rings. The van der Waals surface area contributed by atoms with Gasteiger partial charge in [0.25, 0.3) is 0 Å². The number of nitrogens with zero attached hydrogens (tertiary/aromatic N) is 1. The summed E-state index contributed by atoms with van der Waals surface area (Å²) in [5.41, 5.74) is 1.63. The van der Waals surface area contributed by atoms with E-state index in [1.54, 1.807) is 32.9 Å². The second-order valence-electron chi connectivity index (χ2n) is 7.26. The molecule has 0 N–H and O–H groups in total. The lowest BCUT2D eigenvalue weighted by Crippen LogP contribution is -2.39. The lowest BCUT2D eigenvalue weighted by atomic mass is 10.0. The molecule has 1 aliphatic heterocycles. The van der Waals surface area contributed by atoms with Crippen LogP contribution in [0.5, 0.6) is 0 Å². The number of ether oxygens (including phenoxy) is 2. The highest BCUT2D eigenvalue weighted by atomic mass is 16.6. The standard InChI is InChI=1S/C18H21NO5/c1-18(2,3)24-17(22)19-14(20)9-12-7-10-5-6-11(16(21)23-4)8-13(10)15(12)19/h5-6,8,12,15H,7,9H2,1-4H3. The molecule has 2 amide bonds. The van der Waals surface area contributed by atoms with Gasteiger partial charge in [0.05, 0.1) is 18.7 Å². The van der Waals surface area contributed by atoms with Crippen LogP contribution in [0, 0.1) is 5.92 Å². The number of fused-ring (bicyclic) bond motifs is 3. The molecule has 1 heterocycles. The van der Waals surface area contributed by atoms with Gasteiger partial charge in [0.15, 0.2) is 0 Å². The van der Waals surface area contributed by atoms with Crippen molar-refractivity contribution >= 4 is 18.0 Å². The Morgan fingerprint density at radius 1 is 1.21 bits per heavy atom. The number of hydrogen-bond acceptors (Lipinski definition) is 5. The van der Waals surface area contributed by atoms with Crippen LogP contribution in [0.4, 0.5) is 4.79 Å². The van der Waals surface area contributed by atoms with E-state index >= 15 is 0 Å². The zero-order chi connectivity index (χ0) is 17.6. The average Bonchev–Trinajstić information content (AvgIpc) is 2.98. The maximum atomic E-state index is 12.5. The summed E-state index contributed by atoms with van der Waals surface area (Å²) in [4.78, 5) is 37.8. The fourth-order valence-corrected chi connectivity index (χ4v) is 3.49. The normalized spacial score (nSPS) is 22.2. The van der Waals surface area contributed by atoms with Crippen molar-refractivity contribution in [2.45, 2.75) is 45.3 Å². The average molecular weight is 331 g/mol. The van der Waals surface area contributed by atoms with E-state index in [0.29, 0.717) is 18.4 Å². The van der Waals surface area contributed by atoms with Crippen molar-refractivity contribution in [2.75, 3.05) is 7.11 Å². The number of carbonyl (C=O) groups excluding carboxylic acids is 3. The van der Waals surface area contributed by atoms with Crippen LogP contribution in [-0.2, 0) is 20.7 Å². The maximum Gasteiger partial charge on any atom is 0.417 e. The number of amides is 2. The van der Waals surface area contributed by atoms with Crippen LogP contribution in [0.15, 0.2) is 18.2 Å². The molecule has 3 rings (SSSR count). The summed E-state index contributed by atoms with van der Waals surface area (Å²) in [6.07, 6.45) is 0.398. The fraction of sp³-hybridized carbons (Fsp3) is 0.500. The van der Waals surface area contributed by atoms with E-state index < -0.39 is 17.7 Å². The highest BCUT2D eigenvalue weighted by Crippen LogP contribution is 2.47. The van der Waals surface area contributed by atoms with Gasteiger partial charge in [0, 0.05) is 6.42 Å². The van der Waals surface area contributed by atoms with Gasteiger partial charge in [-0.1, -0.05) is 6.07 Å². The molecule has 128 valence electrons. The van der Waals surface area contributed by atoms with Crippen LogP contribution in [0.25, 0.3) is 0 Å². The van der Waals surface area contributed by atoms with Crippen LogP contribution >= 0.6 is 0 Å². The Morgan fingerprint density at radius 2 is 1.92 bits per heavy atom. The third-order valence-corrected chi connectivity index (χ3v) is 4.39. The van der Waals surface area contributed by atoms with Crippen LogP contribution in [0.1, 0.15) is 54.7 Å². The van der Waals surface area contributed by atoms with Crippen molar-refractivity contribution < 1.29 is 23.9 Å². The molecule has 0 spiro atoms. The monoisotopic (exact) mass is 331 g/mol. The van der Waals surface area contributed by atoms with Crippen LogP contribution in [-0.4, -0.2) is 35.6 Å². The molecule has 0 aromatic heterocycles. The molecular weight excluding hydrogens is 310 g/mol. The Morgan fingerprint density at radius 3 is 2.54 bits per heavy atom. The summed E-state index contributed by atoms with van der Waals surface area (Å²) in [7, 11) is 1.32. The first-order chi connectivity index (χ1) is 11.2. The summed E-state index contributed by atoms with van der Waals surface area (Å²) in [5.74, 6) is -0.629. The van der Waals surface area contributed by atoms with Gasteiger partial charge < -0.3 is 9.47 Å². The van der Waals surface area contributed by atoms with E-state index in [0.717, 1.165) is 11.1 Å². The van der Waals surface area contributed by atoms with Crippen molar-refractivity contribution in [1.29, 1.82) is 0 Å². The lowest BCUT2D eigenvalue weighted by Gasteiger charge is -2.27. The minimum Gasteiger partial charge on any atom is -0.465 e. The van der Waals surface area contributed by atoms with Crippen LogP contribution < -0.4 is 0 Å². The zero-order valence-corrected chi connectivity index (χ0v) is 14.3. The van der Waals surface area contributed by atoms with E-state index in [9.17, 15) is 14.4 Å². The Hall–Kier alpha value is -2.37. The molecule has 2 unspecified atom stereocenters. The van der Waals surface area contributed by atoms with E-state index in [1.165, 1.54) is 12.0 Å². The second kappa shape index (κ2) is 5.61. The second-order valence-corrected chi connectivity index (χ2v) is 7.26. The number of methoxy groups -OCH3 is 1. The molecule has 2 atom stereocenters. The molecule has 1 saturated heterocycles. The molecule has 1 aromatic carbocycles. The predicted octanol–water partition coefficient (Wildman–Crippen LogP) is 2.85. The third kappa shape index (κ3) is 2.77. The van der Waals surface area contributed by atoms with Crippen molar-refractivity contribution in [2.24, 2.45) is 5.92 Å². The molecular formula is C18H21NO5. The van der Waals surface area contributed by atoms with Gasteiger partial charge in [-0.15, -0.1) is 0 Å². The summed E-state index contributed by atoms with van der Waals surface area (Å²) in [6.45, 7) is 5.29. The predicted molar refractivity (Wildman–Crippen MR) is 85.4 cm³/mol. The van der Waals surface area contributed by atoms with Gasteiger partial charge >= 0.3 is 12.1 Å². The van der Waals surface area contributed by atoms with Gasteiger partial charge in [-0.25, -0.2) is 14.5 Å². The Kier molecular flexibility index (Phi) is 3.86. The van der Waals surface area contributed by atoms with Crippen LogP contribution in [0.2, 0.25) is 0 Å². The Balaban J connectivity index is 1.96. The summed E-state index contributed by atoms with van der Waals surface area (Å²) in [5, 5.41) is 0. The van der Waals surface area contributed by atoms with Gasteiger partial charge in [-0.3, -0.25) is 4.79 Å². The molecule has 0 bridgehead atoms. The highest BCUT2D eigenvalue weighted by Gasteiger charge is 2.49. The van der Waals surface area contributed by atoms with E-state index in [-0.39, 0.29) is 17.9 Å². The first-order valence-electron chi connectivity index (χ1n) is 7.97. The first-order valence-corrected chi connectivity index (χ1v) is 7.97. The van der Waals surface area contributed by atoms with Crippen molar-refractivity contribution in [1.82, 2.24) is 4.90 Å². The van der Waals surface area contributed by atoms with Crippen molar-refractivity contribution in [3.8, 4) is 0 Å². The van der Waals surface area contributed by atoms with Crippen LogP contribution in [0.3, 0.4) is 0 Å². The van der Waals surface area contributed by atoms with Crippen molar-refractivity contribution in [3.05, 3.63) is 34.9 Å². The Bertz CT molecular complexity index is 719. The molecule has 1 aromatic rings. The largest absolute Gasteiger partial charge is 0.465 e. The number of carbonyl (C=O) groups is 3. The topological polar surface area (TPSA) is 72.9 Å². The molecule has 6 heteroatoms. The molecule has 24 heavy (non-hydrogen) atoms. The van der Waals surface area contributed by atoms with Gasteiger partial charge in [-0.2, -0.15) is 0 Å². The lowest BCUT2D eigenvalue weighted by molar-refractivity contribution is -0.128. The number of esters is 1. The van der Waals surface area contributed by atoms with E-state index in [2.05, 4.69) is 0 Å². The minimum absolute atomic E-state index is 0.0351. The number of benzene rings is 1. The Labute approximate surface area is 140 Å². The molecule has 1 aliphatic carbocycles. The zero-order valence-electron chi connectivity index (χ0n) is 14.3. The smallest absolute Gasteiger partial charge is 0.417 e. The molecule has 6 nitrogen and oxygen atoms in total. The summed E-state index contributed by atoms with van der Waals surface area (Å²) in [6, 6.07) is 4.94. The van der Waals surface area contributed by atoms with Gasteiger partial charge in [0.1, 0.15) is 5.60 Å². The number of imide groups is 1. The molecule has 0 saturated carbocycles. The molecule has 0 radical (unpaired) electrons. The summed E-state index contributed by atoms with van der Waals surface area (Å²) >= 11 is 0. The SMILES string of the molecule is COC(=O)c1ccc2c(c1)C1C(CC(=O)N1C(=O)OC(C)(C)C)C2. The number of hydrogen-bond donors (Lipinski definition) is 0. The van der Waals surface area contributed by atoms with E-state index in [1.807, 2.05) is 6.07 Å². The van der Waals surface area contributed by atoms with Crippen molar-refractivity contribution in [3.63, 3.8) is 0 Å². The van der Waals surface area contributed by atoms with Gasteiger partial charge in [0.2, 0.25) is 5.91 Å².